The van der Waals surface area contributed by atoms with Crippen LogP contribution in [-0.4, -0.2) is 39.2 Å². The summed E-state index contributed by atoms with van der Waals surface area (Å²) in [7, 11) is 0. The van der Waals surface area contributed by atoms with E-state index in [1.165, 1.54) is 61.8 Å². The van der Waals surface area contributed by atoms with Crippen LogP contribution in [-0.2, 0) is 11.2 Å². The first kappa shape index (κ1) is 20.1. The predicted molar refractivity (Wildman–Crippen MR) is 121 cm³/mol. The molecule has 2 fully saturated rings. The van der Waals surface area contributed by atoms with Gasteiger partial charge in [0.15, 0.2) is 0 Å². The minimum atomic E-state index is -0.196. The molecule has 2 aromatic heterocycles. The molecular weight excluding hydrogens is 388 g/mol. The molecule has 0 saturated heterocycles. The summed E-state index contributed by atoms with van der Waals surface area (Å²) in [6, 6.07) is 0.761. The maximum atomic E-state index is 12.5. The van der Waals surface area contributed by atoms with Crippen LogP contribution in [0.2, 0.25) is 0 Å². The number of aryl methyl sites for hydroxylation is 1. The van der Waals surface area contributed by atoms with Gasteiger partial charge >= 0.3 is 0 Å². The molecule has 0 aromatic carbocycles. The minimum absolute atomic E-state index is 0.196. The zero-order valence-electron chi connectivity index (χ0n) is 18.1. The second kappa shape index (κ2) is 8.75. The average Bonchev–Trinajstić information content (AvgIpc) is 3.45. The first-order valence-electron chi connectivity index (χ1n) is 11.5. The number of carbonyl (C=O) groups is 1. The number of nitrogens with one attached hydrogen (secondary N) is 3. The maximum absolute atomic E-state index is 12.5. The first-order chi connectivity index (χ1) is 15.2. The van der Waals surface area contributed by atoms with Crippen molar-refractivity contribution in [3.8, 4) is 0 Å². The molecule has 1 amide bonds. The van der Waals surface area contributed by atoms with Gasteiger partial charge in [-0.05, 0) is 81.5 Å². The lowest BCUT2D eigenvalue weighted by Gasteiger charge is -2.26. The molecule has 31 heavy (non-hydrogen) atoms. The van der Waals surface area contributed by atoms with E-state index in [9.17, 15) is 4.79 Å². The highest BCUT2D eigenvalue weighted by atomic mass is 16.2. The number of aromatic amines is 1. The van der Waals surface area contributed by atoms with E-state index in [0.29, 0.717) is 22.9 Å². The third kappa shape index (κ3) is 4.32. The van der Waals surface area contributed by atoms with Crippen LogP contribution in [0, 0.1) is 6.92 Å². The van der Waals surface area contributed by atoms with Gasteiger partial charge in [0.2, 0.25) is 0 Å². The second-order valence-electron chi connectivity index (χ2n) is 8.92. The Morgan fingerprint density at radius 2 is 2.06 bits per heavy atom. The van der Waals surface area contributed by atoms with Crippen molar-refractivity contribution in [2.75, 3.05) is 6.54 Å². The van der Waals surface area contributed by atoms with Gasteiger partial charge in [0, 0.05) is 29.8 Å². The Bertz CT molecular complexity index is 1010. The summed E-state index contributed by atoms with van der Waals surface area (Å²) in [6.45, 7) is 3.27. The molecule has 3 aliphatic rings. The summed E-state index contributed by atoms with van der Waals surface area (Å²) >= 11 is 0. The van der Waals surface area contributed by atoms with Crippen LogP contribution in [0.5, 0.6) is 0 Å². The third-order valence-electron chi connectivity index (χ3n) is 6.63. The van der Waals surface area contributed by atoms with Crippen LogP contribution >= 0.6 is 0 Å². The molecule has 5 rings (SSSR count). The molecule has 2 saturated carbocycles. The Hall–Kier alpha value is -2.80. The van der Waals surface area contributed by atoms with Gasteiger partial charge in [0.1, 0.15) is 11.4 Å². The van der Waals surface area contributed by atoms with Gasteiger partial charge in [-0.25, -0.2) is 5.43 Å². The molecule has 0 bridgehead atoms. The summed E-state index contributed by atoms with van der Waals surface area (Å²) in [5.74, 6) is 0.402. The number of hydrogen-bond acceptors (Lipinski definition) is 5. The Morgan fingerprint density at radius 3 is 2.77 bits per heavy atom. The van der Waals surface area contributed by atoms with Crippen molar-refractivity contribution in [2.24, 2.45) is 5.10 Å². The molecule has 3 N–H and O–H groups in total. The lowest BCUT2D eigenvalue weighted by Crippen LogP contribution is -2.35. The largest absolute Gasteiger partial charge is 0.359 e. The monoisotopic (exact) mass is 418 g/mol. The van der Waals surface area contributed by atoms with Crippen molar-refractivity contribution in [3.05, 3.63) is 52.4 Å². The number of hydrazone groups is 1. The molecule has 0 spiro atoms. The fourth-order valence-corrected chi connectivity index (χ4v) is 4.56. The zero-order chi connectivity index (χ0) is 21.2. The van der Waals surface area contributed by atoms with Gasteiger partial charge in [0.25, 0.3) is 5.91 Å². The molecule has 2 aliphatic carbocycles. The van der Waals surface area contributed by atoms with Crippen molar-refractivity contribution in [3.63, 3.8) is 0 Å². The molecule has 1 aliphatic heterocycles. The van der Waals surface area contributed by atoms with Gasteiger partial charge in [-0.2, -0.15) is 5.10 Å². The molecule has 0 unspecified atom stereocenters. The van der Waals surface area contributed by atoms with Crippen LogP contribution < -0.4 is 10.7 Å². The summed E-state index contributed by atoms with van der Waals surface area (Å²) < 4.78 is 0. The van der Waals surface area contributed by atoms with Crippen LogP contribution in [0.25, 0.3) is 6.08 Å². The normalized spacial score (nSPS) is 20.1. The molecule has 0 atom stereocenters. The van der Waals surface area contributed by atoms with Gasteiger partial charge in [0.05, 0.1) is 11.8 Å². The van der Waals surface area contributed by atoms with E-state index in [-0.39, 0.29) is 5.91 Å². The maximum Gasteiger partial charge on any atom is 0.273 e. The molecular formula is C24H30N6O. The fraction of sp³-hybridized carbons (Fsp3) is 0.500. The van der Waals surface area contributed by atoms with E-state index in [4.69, 9.17) is 0 Å². The minimum Gasteiger partial charge on any atom is -0.359 e. The third-order valence-corrected chi connectivity index (χ3v) is 6.63. The van der Waals surface area contributed by atoms with Crippen molar-refractivity contribution >= 4 is 17.7 Å². The Balaban J connectivity index is 1.35. The number of aromatic nitrogens is 3. The second-order valence-corrected chi connectivity index (χ2v) is 8.92. The Kier molecular flexibility index (Phi) is 5.68. The Labute approximate surface area is 182 Å². The number of nitrogens with zero attached hydrogens (tertiary/aromatic N) is 3. The highest BCUT2D eigenvalue weighted by Crippen LogP contribution is 2.45. The summed E-state index contributed by atoms with van der Waals surface area (Å²) in [6.07, 6.45) is 16.8. The molecule has 162 valence electrons. The fourth-order valence-electron chi connectivity index (χ4n) is 4.56. The van der Waals surface area contributed by atoms with Gasteiger partial charge in [-0.1, -0.05) is 6.42 Å². The SMILES string of the molecule is Cc1[nH]c(/C=C2/C(=O)NN=C2c2cnccn2)c(C2CC2)c1CCCCNC1CCC1. The van der Waals surface area contributed by atoms with Crippen molar-refractivity contribution in [1.82, 2.24) is 25.7 Å². The summed E-state index contributed by atoms with van der Waals surface area (Å²) in [4.78, 5) is 24.5. The van der Waals surface area contributed by atoms with Crippen LogP contribution in [0.3, 0.4) is 0 Å². The van der Waals surface area contributed by atoms with Crippen molar-refractivity contribution in [2.45, 2.75) is 70.3 Å². The van der Waals surface area contributed by atoms with E-state index in [1.807, 2.05) is 6.08 Å². The van der Waals surface area contributed by atoms with Crippen LogP contribution in [0.15, 0.2) is 29.3 Å². The van der Waals surface area contributed by atoms with Gasteiger partial charge in [-0.15, -0.1) is 0 Å². The van der Waals surface area contributed by atoms with E-state index in [1.54, 1.807) is 18.6 Å². The van der Waals surface area contributed by atoms with E-state index < -0.39 is 0 Å². The number of amides is 1. The lowest BCUT2D eigenvalue weighted by molar-refractivity contribution is -0.116. The first-order valence-corrected chi connectivity index (χ1v) is 11.5. The lowest BCUT2D eigenvalue weighted by atomic mass is 9.93. The number of hydrogen-bond donors (Lipinski definition) is 3. The Morgan fingerprint density at radius 1 is 1.19 bits per heavy atom. The van der Waals surface area contributed by atoms with Gasteiger partial charge < -0.3 is 10.3 Å². The van der Waals surface area contributed by atoms with Crippen LogP contribution in [0.4, 0.5) is 0 Å². The summed E-state index contributed by atoms with van der Waals surface area (Å²) in [5, 5.41) is 7.87. The highest BCUT2D eigenvalue weighted by Gasteiger charge is 2.32. The molecule has 2 aromatic rings. The van der Waals surface area contributed by atoms with E-state index in [2.05, 4.69) is 37.7 Å². The van der Waals surface area contributed by atoms with Crippen molar-refractivity contribution in [1.29, 1.82) is 0 Å². The predicted octanol–water partition coefficient (Wildman–Crippen LogP) is 3.37. The number of H-pyrrole nitrogens is 1. The summed E-state index contributed by atoms with van der Waals surface area (Å²) in [5.41, 5.74) is 9.38. The average molecular weight is 419 g/mol. The quantitative estimate of drug-likeness (QED) is 0.430. The molecule has 3 heterocycles. The number of unbranched alkanes of at least 4 members (excludes halogenated alkanes) is 1. The smallest absolute Gasteiger partial charge is 0.273 e. The highest BCUT2D eigenvalue weighted by molar-refractivity contribution is 6.32. The molecule has 0 radical (unpaired) electrons. The molecule has 7 nitrogen and oxygen atoms in total. The standard InChI is InChI=1S/C24H30N6O/c1-15-18(7-2-3-10-26-17-5-4-6-17)22(16-8-9-16)20(28-15)13-19-23(29-30-24(19)31)21-14-25-11-12-27-21/h11-14,16-17,26,28H,2-10H2,1H3,(H,30,31)/b19-13+. The number of rotatable bonds is 9. The van der Waals surface area contributed by atoms with E-state index >= 15 is 0 Å². The zero-order valence-corrected chi connectivity index (χ0v) is 18.1. The van der Waals surface area contributed by atoms with E-state index in [0.717, 1.165) is 24.7 Å². The van der Waals surface area contributed by atoms with Crippen LogP contribution in [0.1, 0.15) is 79.1 Å². The molecule has 7 heteroatoms. The topological polar surface area (TPSA) is 95.1 Å². The van der Waals surface area contributed by atoms with Crippen molar-refractivity contribution < 1.29 is 4.79 Å². The van der Waals surface area contributed by atoms with Gasteiger partial charge in [-0.3, -0.25) is 14.8 Å². The number of carbonyl (C=O) groups excluding carboxylic acids is 1.